The lowest BCUT2D eigenvalue weighted by atomic mass is 10.1. The van der Waals surface area contributed by atoms with Gasteiger partial charge in [-0.1, -0.05) is 42.5 Å². The Labute approximate surface area is 187 Å². The average Bonchev–Trinajstić information content (AvgIpc) is 3.13. The van der Waals surface area contributed by atoms with Crippen LogP contribution in [0.25, 0.3) is 6.08 Å². The quantitative estimate of drug-likeness (QED) is 0.515. The third kappa shape index (κ3) is 4.79. The first-order chi connectivity index (χ1) is 15.6. The van der Waals surface area contributed by atoms with Crippen molar-refractivity contribution in [3.05, 3.63) is 71.8 Å². The van der Waals surface area contributed by atoms with Gasteiger partial charge in [-0.2, -0.15) is 0 Å². The van der Waals surface area contributed by atoms with Gasteiger partial charge in [-0.05, 0) is 29.8 Å². The Kier molecular flexibility index (Phi) is 6.78. The summed E-state index contributed by atoms with van der Waals surface area (Å²) in [6, 6.07) is 16.1. The van der Waals surface area contributed by atoms with Crippen LogP contribution in [0.1, 0.15) is 22.3 Å². The third-order valence-corrected chi connectivity index (χ3v) is 5.99. The molecule has 7 nitrogen and oxygen atoms in total. The molecular formula is C25H27N3O4. The average molecular weight is 434 g/mol. The summed E-state index contributed by atoms with van der Waals surface area (Å²) in [7, 11) is 1.31. The highest BCUT2D eigenvalue weighted by Crippen LogP contribution is 2.26. The number of nitrogens with zero attached hydrogens (tertiary/aromatic N) is 3. The third-order valence-electron chi connectivity index (χ3n) is 5.99. The first-order valence-corrected chi connectivity index (χ1v) is 10.8. The molecule has 2 aromatic carbocycles. The number of rotatable bonds is 6. The van der Waals surface area contributed by atoms with Crippen molar-refractivity contribution in [1.82, 2.24) is 9.80 Å². The molecule has 0 bridgehead atoms. The highest BCUT2D eigenvalue weighted by Gasteiger charge is 2.43. The second kappa shape index (κ2) is 9.89. The number of amides is 2. The first kappa shape index (κ1) is 21.9. The van der Waals surface area contributed by atoms with Crippen molar-refractivity contribution in [2.24, 2.45) is 0 Å². The molecule has 0 N–H and O–H groups in total. The highest BCUT2D eigenvalue weighted by atomic mass is 16.5. The zero-order valence-electron chi connectivity index (χ0n) is 18.1. The Morgan fingerprint density at radius 2 is 1.69 bits per heavy atom. The molecule has 0 aliphatic carbocycles. The Morgan fingerprint density at radius 1 is 1.00 bits per heavy atom. The smallest absolute Gasteiger partial charge is 0.337 e. The Bertz CT molecular complexity index is 996. The molecule has 2 fully saturated rings. The maximum absolute atomic E-state index is 13.0. The number of benzene rings is 2. The number of ether oxygens (including phenoxy) is 1. The van der Waals surface area contributed by atoms with Gasteiger partial charge in [0.15, 0.2) is 0 Å². The fourth-order valence-corrected chi connectivity index (χ4v) is 4.20. The molecular weight excluding hydrogens is 406 g/mol. The van der Waals surface area contributed by atoms with Crippen LogP contribution in [0.2, 0.25) is 0 Å². The van der Waals surface area contributed by atoms with E-state index in [1.54, 1.807) is 24.3 Å². The van der Waals surface area contributed by atoms with E-state index in [-0.39, 0.29) is 18.2 Å². The highest BCUT2D eigenvalue weighted by molar-refractivity contribution is 6.22. The van der Waals surface area contributed by atoms with Gasteiger partial charge in [-0.15, -0.1) is 0 Å². The number of hydrogen-bond acceptors (Lipinski definition) is 6. The summed E-state index contributed by atoms with van der Waals surface area (Å²) >= 11 is 0. The zero-order chi connectivity index (χ0) is 22.5. The predicted molar refractivity (Wildman–Crippen MR) is 122 cm³/mol. The molecule has 0 unspecified atom stereocenters. The molecule has 2 heterocycles. The maximum Gasteiger partial charge on any atom is 0.337 e. The largest absolute Gasteiger partial charge is 0.465 e. The molecule has 1 atom stereocenters. The van der Waals surface area contributed by atoms with E-state index < -0.39 is 12.0 Å². The minimum atomic E-state index is -0.454. The topological polar surface area (TPSA) is 70.2 Å². The fourth-order valence-electron chi connectivity index (χ4n) is 4.20. The molecule has 0 spiro atoms. The number of piperazine rings is 1. The molecule has 2 saturated heterocycles. The van der Waals surface area contributed by atoms with Gasteiger partial charge in [0.2, 0.25) is 5.91 Å². The van der Waals surface area contributed by atoms with Crippen LogP contribution in [0.4, 0.5) is 5.69 Å². The van der Waals surface area contributed by atoms with Crippen molar-refractivity contribution in [1.29, 1.82) is 0 Å². The van der Waals surface area contributed by atoms with Crippen LogP contribution in [0, 0.1) is 0 Å². The van der Waals surface area contributed by atoms with Gasteiger partial charge >= 0.3 is 5.97 Å². The number of imide groups is 1. The summed E-state index contributed by atoms with van der Waals surface area (Å²) in [5.41, 5.74) is 2.05. The second-order valence-electron chi connectivity index (χ2n) is 7.98. The Morgan fingerprint density at radius 3 is 2.34 bits per heavy atom. The van der Waals surface area contributed by atoms with Crippen LogP contribution in [0.5, 0.6) is 0 Å². The molecule has 4 rings (SSSR count). The molecule has 2 aliphatic rings. The minimum Gasteiger partial charge on any atom is -0.465 e. The van der Waals surface area contributed by atoms with Crippen LogP contribution >= 0.6 is 0 Å². The summed E-state index contributed by atoms with van der Waals surface area (Å²) in [4.78, 5) is 43.0. The van der Waals surface area contributed by atoms with Crippen LogP contribution in [0.15, 0.2) is 60.7 Å². The van der Waals surface area contributed by atoms with Gasteiger partial charge in [0.05, 0.1) is 30.8 Å². The van der Waals surface area contributed by atoms with Crippen LogP contribution in [-0.2, 0) is 14.3 Å². The van der Waals surface area contributed by atoms with E-state index in [0.29, 0.717) is 11.3 Å². The molecule has 0 saturated carbocycles. The number of methoxy groups -OCH3 is 1. The van der Waals surface area contributed by atoms with Crippen LogP contribution < -0.4 is 4.90 Å². The molecule has 32 heavy (non-hydrogen) atoms. The number of carbonyl (C=O) groups excluding carboxylic acids is 3. The summed E-state index contributed by atoms with van der Waals surface area (Å²) in [6.07, 6.45) is 4.47. The van der Waals surface area contributed by atoms with Crippen molar-refractivity contribution >= 4 is 29.5 Å². The van der Waals surface area contributed by atoms with Gasteiger partial charge in [0.1, 0.15) is 0 Å². The molecule has 166 valence electrons. The lowest BCUT2D eigenvalue weighted by Crippen LogP contribution is -2.52. The number of carbonyl (C=O) groups is 3. The molecule has 0 aromatic heterocycles. The van der Waals surface area contributed by atoms with E-state index in [9.17, 15) is 14.4 Å². The van der Waals surface area contributed by atoms with Crippen molar-refractivity contribution < 1.29 is 19.1 Å². The van der Waals surface area contributed by atoms with Gasteiger partial charge in [-0.3, -0.25) is 19.4 Å². The van der Waals surface area contributed by atoms with E-state index in [0.717, 1.165) is 32.7 Å². The Hall–Kier alpha value is -3.29. The SMILES string of the molecule is COC(=O)c1ccc(N2C(=O)C[C@@H](N3CCN(C/C=C/c4ccccc4)CC3)C2=O)cc1. The van der Waals surface area contributed by atoms with E-state index >= 15 is 0 Å². The van der Waals surface area contributed by atoms with Gasteiger partial charge < -0.3 is 4.74 Å². The summed E-state index contributed by atoms with van der Waals surface area (Å²) in [5, 5.41) is 0. The van der Waals surface area contributed by atoms with Crippen LogP contribution in [0.3, 0.4) is 0 Å². The lowest BCUT2D eigenvalue weighted by Gasteiger charge is -2.36. The van der Waals surface area contributed by atoms with Crippen molar-refractivity contribution in [3.8, 4) is 0 Å². The predicted octanol–water partition coefficient (Wildman–Crippen LogP) is 2.44. The first-order valence-electron chi connectivity index (χ1n) is 10.8. The van der Waals surface area contributed by atoms with E-state index in [4.69, 9.17) is 4.74 Å². The standard InChI is InChI=1S/C25H27N3O4/c1-32-25(31)20-9-11-21(12-10-20)28-23(29)18-22(24(28)30)27-16-14-26(15-17-27)13-5-8-19-6-3-2-4-7-19/h2-12,22H,13-18H2,1H3/b8-5+/t22-/m1/s1. The van der Waals surface area contributed by atoms with E-state index in [2.05, 4.69) is 34.1 Å². The Balaban J connectivity index is 1.32. The number of esters is 1. The van der Waals surface area contributed by atoms with Crippen molar-refractivity contribution in [3.63, 3.8) is 0 Å². The summed E-state index contributed by atoms with van der Waals surface area (Å²) < 4.78 is 4.69. The number of hydrogen-bond donors (Lipinski definition) is 0. The summed E-state index contributed by atoms with van der Waals surface area (Å²) in [6.45, 7) is 4.06. The number of anilines is 1. The summed E-state index contributed by atoms with van der Waals surface area (Å²) in [5.74, 6) is -0.859. The minimum absolute atomic E-state index is 0.186. The fraction of sp³-hybridized carbons (Fsp3) is 0.320. The monoisotopic (exact) mass is 433 g/mol. The second-order valence-corrected chi connectivity index (χ2v) is 7.98. The maximum atomic E-state index is 13.0. The van der Waals surface area contributed by atoms with Crippen molar-refractivity contribution in [2.75, 3.05) is 44.7 Å². The normalized spacial score (nSPS) is 20.3. The van der Waals surface area contributed by atoms with Gasteiger partial charge in [0, 0.05) is 32.7 Å². The zero-order valence-corrected chi connectivity index (χ0v) is 18.1. The van der Waals surface area contributed by atoms with Crippen LogP contribution in [-0.4, -0.2) is 73.5 Å². The van der Waals surface area contributed by atoms with E-state index in [1.807, 2.05) is 18.2 Å². The van der Waals surface area contributed by atoms with Gasteiger partial charge in [-0.25, -0.2) is 9.69 Å². The van der Waals surface area contributed by atoms with Crippen molar-refractivity contribution in [2.45, 2.75) is 12.5 Å². The molecule has 7 heteroatoms. The molecule has 2 aliphatic heterocycles. The lowest BCUT2D eigenvalue weighted by molar-refractivity contribution is -0.123. The molecule has 2 aromatic rings. The molecule has 2 amide bonds. The van der Waals surface area contributed by atoms with Gasteiger partial charge in [0.25, 0.3) is 5.91 Å². The molecule has 0 radical (unpaired) electrons. The van der Waals surface area contributed by atoms with E-state index in [1.165, 1.54) is 17.6 Å².